The van der Waals surface area contributed by atoms with Gasteiger partial charge in [-0.2, -0.15) is 0 Å². The highest BCUT2D eigenvalue weighted by atomic mass is 16.5. The van der Waals surface area contributed by atoms with Crippen LogP contribution in [0.2, 0.25) is 0 Å². The minimum atomic E-state index is -0.975. The molecule has 0 aromatic heterocycles. The molecule has 1 rings (SSSR count). The van der Waals surface area contributed by atoms with E-state index in [0.29, 0.717) is 13.1 Å². The number of ether oxygens (including phenoxy) is 1. The second-order valence-corrected chi connectivity index (χ2v) is 5.90. The summed E-state index contributed by atoms with van der Waals surface area (Å²) in [6, 6.07) is -0.352. The molecule has 1 aliphatic rings. The Kier molecular flexibility index (Phi) is 4.97. The Morgan fingerprint density at radius 2 is 1.95 bits per heavy atom. The Balaban J connectivity index is 2.62. The minimum absolute atomic E-state index is 0.0239. The predicted molar refractivity (Wildman–Crippen MR) is 71.1 cm³/mol. The Labute approximate surface area is 118 Å². The van der Waals surface area contributed by atoms with Gasteiger partial charge in [-0.05, 0) is 19.8 Å². The topological polar surface area (TPSA) is 95.9 Å². The van der Waals surface area contributed by atoms with Gasteiger partial charge in [-0.25, -0.2) is 4.79 Å². The number of esters is 1. The molecule has 20 heavy (non-hydrogen) atoms. The molecule has 7 nitrogen and oxygen atoms in total. The lowest BCUT2D eigenvalue weighted by molar-refractivity contribution is -0.146. The van der Waals surface area contributed by atoms with Crippen molar-refractivity contribution in [3.05, 3.63) is 0 Å². The number of aliphatic carboxylic acids is 1. The monoisotopic (exact) mass is 286 g/mol. The molecule has 7 heteroatoms. The van der Waals surface area contributed by atoms with E-state index < -0.39 is 11.5 Å². The maximum absolute atomic E-state index is 12.1. The number of rotatable bonds is 4. The number of hydrogen-bond acceptors (Lipinski definition) is 4. The highest BCUT2D eigenvalue weighted by Gasteiger charge is 2.38. The summed E-state index contributed by atoms with van der Waals surface area (Å²) in [7, 11) is 1.33. The van der Waals surface area contributed by atoms with E-state index in [1.54, 1.807) is 13.8 Å². The van der Waals surface area contributed by atoms with Gasteiger partial charge in [-0.3, -0.25) is 9.59 Å². The summed E-state index contributed by atoms with van der Waals surface area (Å²) in [5.74, 6) is -1.60. The number of methoxy groups -OCH3 is 1. The van der Waals surface area contributed by atoms with Crippen molar-refractivity contribution in [2.75, 3.05) is 20.2 Å². The van der Waals surface area contributed by atoms with Crippen molar-refractivity contribution >= 4 is 18.0 Å². The zero-order valence-electron chi connectivity index (χ0n) is 12.3. The highest BCUT2D eigenvalue weighted by molar-refractivity contribution is 5.79. The van der Waals surface area contributed by atoms with Gasteiger partial charge in [0.15, 0.2) is 0 Å². The molecule has 0 aromatic carbocycles. The lowest BCUT2D eigenvalue weighted by Crippen LogP contribution is -2.50. The molecule has 0 bridgehead atoms. The number of likely N-dealkylation sites (tertiary alicyclic amines) is 1. The number of nitrogens with zero attached hydrogens (tertiary/aromatic N) is 1. The van der Waals surface area contributed by atoms with Crippen LogP contribution >= 0.6 is 0 Å². The Morgan fingerprint density at radius 1 is 1.35 bits per heavy atom. The molecule has 0 saturated carbocycles. The molecule has 1 fully saturated rings. The third-order valence-corrected chi connectivity index (χ3v) is 3.44. The summed E-state index contributed by atoms with van der Waals surface area (Å²) < 4.78 is 4.71. The first-order valence-electron chi connectivity index (χ1n) is 6.53. The second-order valence-electron chi connectivity index (χ2n) is 5.90. The van der Waals surface area contributed by atoms with E-state index in [1.165, 1.54) is 12.0 Å². The lowest BCUT2D eigenvalue weighted by atomic mass is 9.99. The van der Waals surface area contributed by atoms with Gasteiger partial charge in [0.25, 0.3) is 0 Å². The highest BCUT2D eigenvalue weighted by Crippen LogP contribution is 2.24. The molecule has 2 amide bonds. The number of carboxylic acids is 1. The average molecular weight is 286 g/mol. The minimum Gasteiger partial charge on any atom is -0.481 e. The fourth-order valence-electron chi connectivity index (χ4n) is 2.38. The fraction of sp³-hybridized carbons (Fsp3) is 0.769. The van der Waals surface area contributed by atoms with E-state index >= 15 is 0 Å². The molecule has 2 atom stereocenters. The standard InChI is InChI=1S/C13H22N2O5/c1-8-6-15(7-9(8)11(18)20-4)12(19)14-13(2,3)5-10(16)17/h8-9H,5-7H2,1-4H3,(H,14,19)(H,16,17). The largest absolute Gasteiger partial charge is 0.481 e. The first-order chi connectivity index (χ1) is 9.16. The van der Waals surface area contributed by atoms with Crippen LogP contribution in [0.15, 0.2) is 0 Å². The maximum atomic E-state index is 12.1. The van der Waals surface area contributed by atoms with Gasteiger partial charge in [0.1, 0.15) is 0 Å². The van der Waals surface area contributed by atoms with Crippen LogP contribution in [0.1, 0.15) is 27.2 Å². The van der Waals surface area contributed by atoms with Crippen LogP contribution < -0.4 is 5.32 Å². The van der Waals surface area contributed by atoms with Crippen LogP contribution in [0.5, 0.6) is 0 Å². The molecule has 0 spiro atoms. The third kappa shape index (κ3) is 4.11. The van der Waals surface area contributed by atoms with Crippen molar-refractivity contribution in [1.29, 1.82) is 0 Å². The number of nitrogens with one attached hydrogen (secondary N) is 1. The number of hydrogen-bond donors (Lipinski definition) is 2. The summed E-state index contributed by atoms with van der Waals surface area (Å²) in [5.41, 5.74) is -0.838. The van der Waals surface area contributed by atoms with E-state index in [9.17, 15) is 14.4 Å². The van der Waals surface area contributed by atoms with Crippen LogP contribution in [0.3, 0.4) is 0 Å². The molecule has 2 N–H and O–H groups in total. The van der Waals surface area contributed by atoms with Crippen molar-refractivity contribution in [3.8, 4) is 0 Å². The quantitative estimate of drug-likeness (QED) is 0.741. The van der Waals surface area contributed by atoms with Gasteiger partial charge in [0, 0.05) is 18.6 Å². The molecule has 1 aliphatic heterocycles. The van der Waals surface area contributed by atoms with Gasteiger partial charge < -0.3 is 20.1 Å². The first-order valence-corrected chi connectivity index (χ1v) is 6.53. The molecule has 114 valence electrons. The second kappa shape index (κ2) is 6.11. The van der Waals surface area contributed by atoms with Crippen molar-refractivity contribution in [2.45, 2.75) is 32.7 Å². The number of urea groups is 1. The zero-order valence-corrected chi connectivity index (χ0v) is 12.3. The number of carbonyl (C=O) groups is 3. The van der Waals surface area contributed by atoms with Gasteiger partial charge in [0.05, 0.1) is 19.4 Å². The van der Waals surface area contributed by atoms with E-state index in [2.05, 4.69) is 5.32 Å². The van der Waals surface area contributed by atoms with Crippen LogP contribution in [-0.4, -0.2) is 53.7 Å². The molecular weight excluding hydrogens is 264 g/mol. The van der Waals surface area contributed by atoms with Crippen molar-refractivity contribution in [2.24, 2.45) is 11.8 Å². The third-order valence-electron chi connectivity index (χ3n) is 3.44. The molecular formula is C13H22N2O5. The Morgan fingerprint density at radius 3 is 2.45 bits per heavy atom. The van der Waals surface area contributed by atoms with Crippen LogP contribution in [0.25, 0.3) is 0 Å². The van der Waals surface area contributed by atoms with Gasteiger partial charge in [-0.15, -0.1) is 0 Å². The summed E-state index contributed by atoms with van der Waals surface area (Å²) in [5, 5.41) is 11.5. The number of carbonyl (C=O) groups excluding carboxylic acids is 2. The van der Waals surface area contributed by atoms with Crippen LogP contribution in [0.4, 0.5) is 4.79 Å². The van der Waals surface area contributed by atoms with Gasteiger partial charge in [0.2, 0.25) is 0 Å². The van der Waals surface area contributed by atoms with E-state index in [-0.39, 0.29) is 30.3 Å². The smallest absolute Gasteiger partial charge is 0.317 e. The summed E-state index contributed by atoms with van der Waals surface area (Å²) in [6.45, 7) is 5.93. The van der Waals surface area contributed by atoms with Gasteiger partial charge in [-0.1, -0.05) is 6.92 Å². The van der Waals surface area contributed by atoms with Crippen molar-refractivity contribution in [1.82, 2.24) is 10.2 Å². The Bertz CT molecular complexity index is 408. The molecule has 1 saturated heterocycles. The summed E-state index contributed by atoms with van der Waals surface area (Å²) in [4.78, 5) is 35.9. The Hall–Kier alpha value is -1.79. The number of carboxylic acid groups (broad SMARTS) is 1. The summed E-state index contributed by atoms with van der Waals surface area (Å²) >= 11 is 0. The van der Waals surface area contributed by atoms with Gasteiger partial charge >= 0.3 is 18.0 Å². The van der Waals surface area contributed by atoms with E-state index in [1.807, 2.05) is 6.92 Å². The SMILES string of the molecule is COC(=O)C1CN(C(=O)NC(C)(C)CC(=O)O)CC1C. The summed E-state index contributed by atoms with van der Waals surface area (Å²) in [6.07, 6.45) is -0.164. The first kappa shape index (κ1) is 16.3. The maximum Gasteiger partial charge on any atom is 0.317 e. The normalized spacial score (nSPS) is 22.5. The van der Waals surface area contributed by atoms with Crippen molar-refractivity contribution in [3.63, 3.8) is 0 Å². The lowest BCUT2D eigenvalue weighted by Gasteiger charge is -2.27. The molecule has 0 aromatic rings. The van der Waals surface area contributed by atoms with Crippen LogP contribution in [0, 0.1) is 11.8 Å². The predicted octanol–water partition coefficient (Wildman–Crippen LogP) is 0.690. The van der Waals surface area contributed by atoms with E-state index in [0.717, 1.165) is 0 Å². The molecule has 0 aliphatic carbocycles. The van der Waals surface area contributed by atoms with Crippen molar-refractivity contribution < 1.29 is 24.2 Å². The molecule has 2 unspecified atom stereocenters. The molecule has 0 radical (unpaired) electrons. The average Bonchev–Trinajstić information content (AvgIpc) is 2.68. The van der Waals surface area contributed by atoms with Crippen LogP contribution in [-0.2, 0) is 14.3 Å². The molecule has 1 heterocycles. The van der Waals surface area contributed by atoms with E-state index in [4.69, 9.17) is 9.84 Å². The fourth-order valence-corrected chi connectivity index (χ4v) is 2.38. The number of amides is 2. The zero-order chi connectivity index (χ0) is 15.5.